The molecule has 92 valence electrons. The van der Waals surface area contributed by atoms with Gasteiger partial charge in [-0.1, -0.05) is 25.1 Å². The number of nitrogens with one attached hydrogen (secondary N) is 1. The SMILES string of the molecule is CCNCCN1C(=O)C(C)(C)c2ccccc21. The fraction of sp³-hybridized carbons (Fsp3) is 0.500. The monoisotopic (exact) mass is 232 g/mol. The van der Waals surface area contributed by atoms with Crippen LogP contribution in [0.5, 0.6) is 0 Å². The number of nitrogens with zero attached hydrogens (tertiary/aromatic N) is 1. The number of likely N-dealkylation sites (N-methyl/N-ethyl adjacent to an activating group) is 1. The maximum absolute atomic E-state index is 12.4. The van der Waals surface area contributed by atoms with Crippen LogP contribution in [-0.2, 0) is 10.2 Å². The highest BCUT2D eigenvalue weighted by atomic mass is 16.2. The van der Waals surface area contributed by atoms with Crippen LogP contribution in [0.25, 0.3) is 0 Å². The molecule has 0 radical (unpaired) electrons. The van der Waals surface area contributed by atoms with Crippen molar-refractivity contribution >= 4 is 11.6 Å². The number of carbonyl (C=O) groups excluding carboxylic acids is 1. The Hall–Kier alpha value is -1.35. The van der Waals surface area contributed by atoms with E-state index in [1.54, 1.807) is 0 Å². The van der Waals surface area contributed by atoms with Crippen molar-refractivity contribution < 1.29 is 4.79 Å². The number of para-hydroxylation sites is 1. The van der Waals surface area contributed by atoms with Gasteiger partial charge in [-0.3, -0.25) is 4.79 Å². The van der Waals surface area contributed by atoms with E-state index in [4.69, 9.17) is 0 Å². The van der Waals surface area contributed by atoms with Gasteiger partial charge in [-0.05, 0) is 32.0 Å². The molecule has 0 spiro atoms. The molecule has 1 heterocycles. The molecule has 1 aromatic carbocycles. The van der Waals surface area contributed by atoms with Gasteiger partial charge in [-0.15, -0.1) is 0 Å². The van der Waals surface area contributed by atoms with Crippen molar-refractivity contribution in [1.82, 2.24) is 5.32 Å². The number of fused-ring (bicyclic) bond motifs is 1. The molecule has 0 aliphatic carbocycles. The van der Waals surface area contributed by atoms with Crippen LogP contribution < -0.4 is 10.2 Å². The topological polar surface area (TPSA) is 32.3 Å². The Bertz CT molecular complexity index is 426. The van der Waals surface area contributed by atoms with Gasteiger partial charge >= 0.3 is 0 Å². The standard InChI is InChI=1S/C14H20N2O/c1-4-15-9-10-16-12-8-6-5-7-11(12)14(2,3)13(16)17/h5-8,15H,4,9-10H2,1-3H3. The van der Waals surface area contributed by atoms with Crippen LogP contribution in [-0.4, -0.2) is 25.5 Å². The molecule has 17 heavy (non-hydrogen) atoms. The number of rotatable bonds is 4. The molecule has 1 aromatic rings. The van der Waals surface area contributed by atoms with Gasteiger partial charge in [0.05, 0.1) is 5.41 Å². The van der Waals surface area contributed by atoms with Crippen LogP contribution in [0.3, 0.4) is 0 Å². The Morgan fingerprint density at radius 1 is 1.29 bits per heavy atom. The van der Waals surface area contributed by atoms with E-state index in [-0.39, 0.29) is 11.3 Å². The van der Waals surface area contributed by atoms with E-state index in [2.05, 4.69) is 18.3 Å². The van der Waals surface area contributed by atoms with E-state index >= 15 is 0 Å². The minimum absolute atomic E-state index is 0.205. The third kappa shape index (κ3) is 1.95. The quantitative estimate of drug-likeness (QED) is 0.804. The lowest BCUT2D eigenvalue weighted by atomic mass is 9.86. The van der Waals surface area contributed by atoms with Crippen molar-refractivity contribution in [2.45, 2.75) is 26.2 Å². The Labute approximate surface area is 103 Å². The molecule has 1 aliphatic heterocycles. The summed E-state index contributed by atoms with van der Waals surface area (Å²) in [5.74, 6) is 0.205. The predicted molar refractivity (Wildman–Crippen MR) is 70.4 cm³/mol. The molecule has 3 nitrogen and oxygen atoms in total. The van der Waals surface area contributed by atoms with Crippen molar-refractivity contribution in [3.8, 4) is 0 Å². The smallest absolute Gasteiger partial charge is 0.237 e. The molecule has 1 amide bonds. The zero-order chi connectivity index (χ0) is 12.5. The van der Waals surface area contributed by atoms with E-state index in [0.29, 0.717) is 0 Å². The van der Waals surface area contributed by atoms with Crippen LogP contribution in [0, 0.1) is 0 Å². The second-order valence-corrected chi connectivity index (χ2v) is 4.95. The summed E-state index contributed by atoms with van der Waals surface area (Å²) < 4.78 is 0. The number of amides is 1. The first-order chi connectivity index (χ1) is 8.09. The van der Waals surface area contributed by atoms with Crippen LogP contribution in [0.4, 0.5) is 5.69 Å². The van der Waals surface area contributed by atoms with E-state index in [1.807, 2.05) is 36.9 Å². The van der Waals surface area contributed by atoms with Gasteiger partial charge in [0, 0.05) is 18.8 Å². The van der Waals surface area contributed by atoms with Gasteiger partial charge < -0.3 is 10.2 Å². The largest absolute Gasteiger partial charge is 0.315 e. The van der Waals surface area contributed by atoms with Gasteiger partial charge in [0.1, 0.15) is 0 Å². The Balaban J connectivity index is 2.27. The highest BCUT2D eigenvalue weighted by Crippen LogP contribution is 2.40. The average molecular weight is 232 g/mol. The van der Waals surface area contributed by atoms with Crippen molar-refractivity contribution in [3.05, 3.63) is 29.8 Å². The van der Waals surface area contributed by atoms with Crippen LogP contribution in [0.1, 0.15) is 26.3 Å². The van der Waals surface area contributed by atoms with Gasteiger partial charge in [-0.2, -0.15) is 0 Å². The average Bonchev–Trinajstić information content (AvgIpc) is 2.51. The molecule has 0 aromatic heterocycles. The minimum Gasteiger partial charge on any atom is -0.315 e. The molecule has 0 unspecified atom stereocenters. The Morgan fingerprint density at radius 2 is 2.00 bits per heavy atom. The Morgan fingerprint density at radius 3 is 2.71 bits per heavy atom. The van der Waals surface area contributed by atoms with E-state index in [1.165, 1.54) is 0 Å². The highest BCUT2D eigenvalue weighted by Gasteiger charge is 2.43. The van der Waals surface area contributed by atoms with E-state index < -0.39 is 0 Å². The number of benzene rings is 1. The van der Waals surface area contributed by atoms with Crippen molar-refractivity contribution in [2.24, 2.45) is 0 Å². The molecule has 0 saturated carbocycles. The summed E-state index contributed by atoms with van der Waals surface area (Å²) in [4.78, 5) is 14.3. The summed E-state index contributed by atoms with van der Waals surface area (Å²) in [7, 11) is 0. The molecule has 0 saturated heterocycles. The number of hydrogen-bond donors (Lipinski definition) is 1. The van der Waals surface area contributed by atoms with Crippen molar-refractivity contribution in [1.29, 1.82) is 0 Å². The highest BCUT2D eigenvalue weighted by molar-refractivity contribution is 6.07. The molecule has 0 bridgehead atoms. The van der Waals surface area contributed by atoms with Gasteiger partial charge in [0.2, 0.25) is 5.91 Å². The lowest BCUT2D eigenvalue weighted by Crippen LogP contribution is -2.39. The zero-order valence-electron chi connectivity index (χ0n) is 10.8. The van der Waals surface area contributed by atoms with E-state index in [0.717, 1.165) is 30.9 Å². The lowest BCUT2D eigenvalue weighted by molar-refractivity contribution is -0.122. The van der Waals surface area contributed by atoms with Crippen LogP contribution >= 0.6 is 0 Å². The fourth-order valence-electron chi connectivity index (χ4n) is 2.39. The predicted octanol–water partition coefficient (Wildman–Crippen LogP) is 1.92. The molecule has 1 N–H and O–H groups in total. The van der Waals surface area contributed by atoms with Crippen LogP contribution in [0.15, 0.2) is 24.3 Å². The summed E-state index contributed by atoms with van der Waals surface area (Å²) in [6, 6.07) is 8.09. The minimum atomic E-state index is -0.386. The number of hydrogen-bond acceptors (Lipinski definition) is 2. The second-order valence-electron chi connectivity index (χ2n) is 4.95. The Kier molecular flexibility index (Phi) is 3.20. The summed E-state index contributed by atoms with van der Waals surface area (Å²) in [5.41, 5.74) is 1.82. The third-order valence-electron chi connectivity index (χ3n) is 3.41. The third-order valence-corrected chi connectivity index (χ3v) is 3.41. The first kappa shape index (κ1) is 12.1. The van der Waals surface area contributed by atoms with E-state index in [9.17, 15) is 4.79 Å². The molecular weight excluding hydrogens is 212 g/mol. The maximum Gasteiger partial charge on any atom is 0.237 e. The molecule has 1 aliphatic rings. The zero-order valence-corrected chi connectivity index (χ0v) is 10.8. The fourth-order valence-corrected chi connectivity index (χ4v) is 2.39. The molecule has 2 rings (SSSR count). The summed E-state index contributed by atoms with van der Waals surface area (Å²) in [6.07, 6.45) is 0. The molecular formula is C14H20N2O. The molecule has 3 heteroatoms. The van der Waals surface area contributed by atoms with Gasteiger partial charge in [-0.25, -0.2) is 0 Å². The number of anilines is 1. The lowest BCUT2D eigenvalue weighted by Gasteiger charge is -2.20. The van der Waals surface area contributed by atoms with Gasteiger partial charge in [0.15, 0.2) is 0 Å². The summed E-state index contributed by atoms with van der Waals surface area (Å²) >= 11 is 0. The van der Waals surface area contributed by atoms with Crippen LogP contribution in [0.2, 0.25) is 0 Å². The number of carbonyl (C=O) groups is 1. The summed E-state index contributed by atoms with van der Waals surface area (Å²) in [6.45, 7) is 8.60. The van der Waals surface area contributed by atoms with Gasteiger partial charge in [0.25, 0.3) is 0 Å². The molecule has 0 atom stereocenters. The summed E-state index contributed by atoms with van der Waals surface area (Å²) in [5, 5.41) is 3.26. The van der Waals surface area contributed by atoms with Crippen molar-refractivity contribution in [2.75, 3.05) is 24.5 Å². The first-order valence-corrected chi connectivity index (χ1v) is 6.21. The second kappa shape index (κ2) is 4.49. The normalized spacial score (nSPS) is 17.4. The molecule has 0 fully saturated rings. The maximum atomic E-state index is 12.4. The first-order valence-electron chi connectivity index (χ1n) is 6.21. The van der Waals surface area contributed by atoms with Crippen molar-refractivity contribution in [3.63, 3.8) is 0 Å².